The van der Waals surface area contributed by atoms with Crippen molar-refractivity contribution in [2.75, 3.05) is 7.05 Å². The zero-order valence-corrected chi connectivity index (χ0v) is 9.04. The van der Waals surface area contributed by atoms with Crippen molar-refractivity contribution < 1.29 is 4.58 Å². The average molecular weight is 179 g/mol. The number of nitrogens with zero attached hydrogens (tertiary/aromatic N) is 2. The van der Waals surface area contributed by atoms with Crippen LogP contribution in [0.5, 0.6) is 0 Å². The molecule has 0 fully saturated rings. The van der Waals surface area contributed by atoms with Gasteiger partial charge in [0.05, 0.1) is 6.20 Å². The van der Waals surface area contributed by atoms with Crippen LogP contribution in [0.4, 0.5) is 0 Å². The molecule has 0 amide bonds. The molecular weight excluding hydrogens is 160 g/mol. The number of aliphatic imine (C=N–C) groups is 1. The van der Waals surface area contributed by atoms with E-state index in [9.17, 15) is 0 Å². The highest BCUT2D eigenvalue weighted by molar-refractivity contribution is 5.99. The summed E-state index contributed by atoms with van der Waals surface area (Å²) in [7, 11) is 1.97. The monoisotopic (exact) mass is 179 g/mol. The van der Waals surface area contributed by atoms with E-state index in [1.165, 1.54) is 0 Å². The summed E-state index contributed by atoms with van der Waals surface area (Å²) < 4.78 is 1.95. The van der Waals surface area contributed by atoms with Crippen molar-refractivity contribution >= 4 is 11.9 Å². The largest absolute Gasteiger partial charge is 0.255 e. The summed E-state index contributed by atoms with van der Waals surface area (Å²) in [5, 5.41) is 0. The Morgan fingerprint density at radius 3 is 2.54 bits per heavy atom. The first kappa shape index (κ1) is 11.8. The lowest BCUT2D eigenvalue weighted by molar-refractivity contribution is -0.417. The Morgan fingerprint density at radius 1 is 1.54 bits per heavy atom. The van der Waals surface area contributed by atoms with E-state index in [2.05, 4.69) is 18.5 Å². The number of hydrogen-bond donors (Lipinski definition) is 0. The quantitative estimate of drug-likeness (QED) is 0.465. The number of allylic oxidation sites excluding steroid dienone is 1. The maximum atomic E-state index is 4.30. The minimum atomic E-state index is 0.930. The van der Waals surface area contributed by atoms with Gasteiger partial charge in [0.25, 0.3) is 0 Å². The summed E-state index contributed by atoms with van der Waals surface area (Å²) in [5.74, 6) is 0. The van der Waals surface area contributed by atoms with E-state index in [1.807, 2.05) is 37.9 Å². The Labute approximate surface area is 81.0 Å². The van der Waals surface area contributed by atoms with Gasteiger partial charge < -0.3 is 0 Å². The van der Waals surface area contributed by atoms with E-state index in [-0.39, 0.29) is 0 Å². The second-order valence-corrected chi connectivity index (χ2v) is 2.93. The summed E-state index contributed by atoms with van der Waals surface area (Å²) in [5.41, 5.74) is 2.09. The van der Waals surface area contributed by atoms with E-state index in [1.54, 1.807) is 6.20 Å². The van der Waals surface area contributed by atoms with Crippen molar-refractivity contribution in [1.82, 2.24) is 0 Å². The molecule has 0 N–H and O–H groups in total. The minimum absolute atomic E-state index is 0.930. The first-order valence-corrected chi connectivity index (χ1v) is 4.52. The van der Waals surface area contributed by atoms with Gasteiger partial charge in [0.2, 0.25) is 0 Å². The average Bonchev–Trinajstić information content (AvgIpc) is 2.11. The predicted octanol–water partition coefficient (Wildman–Crippen LogP) is 2.62. The first-order valence-electron chi connectivity index (χ1n) is 4.52. The lowest BCUT2D eigenvalue weighted by atomic mass is 10.2. The first-order chi connectivity index (χ1) is 6.11. The van der Waals surface area contributed by atoms with Crippen LogP contribution in [-0.4, -0.2) is 23.5 Å². The molecule has 0 aliphatic heterocycles. The molecule has 13 heavy (non-hydrogen) atoms. The van der Waals surface area contributed by atoms with Gasteiger partial charge in [-0.25, -0.2) is 4.58 Å². The second-order valence-electron chi connectivity index (χ2n) is 2.93. The van der Waals surface area contributed by atoms with Crippen molar-refractivity contribution in [1.29, 1.82) is 0 Å². The maximum absolute atomic E-state index is 4.30. The molecule has 0 aliphatic carbocycles. The van der Waals surface area contributed by atoms with E-state index < -0.39 is 0 Å². The van der Waals surface area contributed by atoms with Crippen molar-refractivity contribution in [2.45, 2.75) is 27.2 Å². The smallest absolute Gasteiger partial charge is 0.186 e. The Balaban J connectivity index is 4.39. The molecule has 72 valence electrons. The summed E-state index contributed by atoms with van der Waals surface area (Å²) in [6, 6.07) is 0. The van der Waals surface area contributed by atoms with Gasteiger partial charge in [-0.1, -0.05) is 13.5 Å². The van der Waals surface area contributed by atoms with Gasteiger partial charge in [-0.2, -0.15) is 0 Å². The van der Waals surface area contributed by atoms with Crippen molar-refractivity contribution in [2.24, 2.45) is 4.99 Å². The topological polar surface area (TPSA) is 15.4 Å². The molecule has 0 bridgehead atoms. The fraction of sp³-hybridized carbons (Fsp3) is 0.455. The maximum Gasteiger partial charge on any atom is 0.186 e. The SMILES string of the molecule is C=C(C)/C(CC)=N/C=C\[N+](C)=C\C. The molecule has 0 atom stereocenters. The Bertz CT molecular complexity index is 257. The molecule has 0 heterocycles. The normalized spacial score (nSPS) is 13.8. The van der Waals surface area contributed by atoms with Gasteiger partial charge in [-0.15, -0.1) is 0 Å². The fourth-order valence-electron chi connectivity index (χ4n) is 0.818. The van der Waals surface area contributed by atoms with Crippen LogP contribution >= 0.6 is 0 Å². The van der Waals surface area contributed by atoms with Gasteiger partial charge in [0.15, 0.2) is 6.20 Å². The molecule has 0 aromatic rings. The van der Waals surface area contributed by atoms with Crippen LogP contribution in [0.25, 0.3) is 0 Å². The summed E-state index contributed by atoms with van der Waals surface area (Å²) in [6.07, 6.45) is 6.61. The van der Waals surface area contributed by atoms with Crippen molar-refractivity contribution in [3.63, 3.8) is 0 Å². The number of hydrogen-bond acceptors (Lipinski definition) is 1. The zero-order valence-electron chi connectivity index (χ0n) is 9.04. The zero-order chi connectivity index (χ0) is 10.3. The molecule has 2 heteroatoms. The van der Waals surface area contributed by atoms with Gasteiger partial charge in [0.1, 0.15) is 13.3 Å². The second kappa shape index (κ2) is 6.35. The van der Waals surface area contributed by atoms with Crippen LogP contribution in [0.1, 0.15) is 27.2 Å². The molecule has 0 aliphatic rings. The van der Waals surface area contributed by atoms with Gasteiger partial charge in [-0.3, -0.25) is 4.99 Å². The van der Waals surface area contributed by atoms with Crippen LogP contribution in [0, 0.1) is 0 Å². The van der Waals surface area contributed by atoms with Crippen LogP contribution < -0.4 is 0 Å². The van der Waals surface area contributed by atoms with E-state index in [0.717, 1.165) is 17.7 Å². The summed E-state index contributed by atoms with van der Waals surface area (Å²) >= 11 is 0. The molecule has 0 unspecified atom stereocenters. The standard InChI is InChI=1S/C11H19N2/c1-6-11(10(3)4)12-8-9-13(5)7-2/h7-9H,3,6H2,1-2,4-5H3/q+1/b9-8-,12-11+,13-7+. The molecule has 0 aromatic heterocycles. The van der Waals surface area contributed by atoms with Crippen LogP contribution in [0.2, 0.25) is 0 Å². The minimum Gasteiger partial charge on any atom is -0.255 e. The molecule has 0 radical (unpaired) electrons. The Morgan fingerprint density at radius 2 is 2.15 bits per heavy atom. The molecule has 0 saturated heterocycles. The molecular formula is C11H19N2+. The Kier molecular flexibility index (Phi) is 5.77. The van der Waals surface area contributed by atoms with Crippen LogP contribution in [0.3, 0.4) is 0 Å². The van der Waals surface area contributed by atoms with Crippen LogP contribution in [0.15, 0.2) is 29.5 Å². The van der Waals surface area contributed by atoms with E-state index in [4.69, 9.17) is 0 Å². The van der Waals surface area contributed by atoms with E-state index >= 15 is 0 Å². The summed E-state index contributed by atoms with van der Waals surface area (Å²) in [4.78, 5) is 4.30. The molecule has 0 rings (SSSR count). The number of rotatable bonds is 4. The highest BCUT2D eigenvalue weighted by Crippen LogP contribution is 1.98. The van der Waals surface area contributed by atoms with Crippen molar-refractivity contribution in [3.05, 3.63) is 24.6 Å². The third-order valence-corrected chi connectivity index (χ3v) is 1.77. The van der Waals surface area contributed by atoms with Gasteiger partial charge in [-0.05, 0) is 18.9 Å². The van der Waals surface area contributed by atoms with Crippen molar-refractivity contribution in [3.8, 4) is 0 Å². The highest BCUT2D eigenvalue weighted by atomic mass is 14.9. The molecule has 0 aromatic carbocycles. The lowest BCUT2D eigenvalue weighted by Crippen LogP contribution is -1.97. The molecule has 2 nitrogen and oxygen atoms in total. The molecule has 0 saturated carbocycles. The van der Waals surface area contributed by atoms with Crippen LogP contribution in [-0.2, 0) is 0 Å². The van der Waals surface area contributed by atoms with Gasteiger partial charge in [0, 0.05) is 12.6 Å². The third kappa shape index (κ3) is 5.12. The molecule has 0 spiro atoms. The third-order valence-electron chi connectivity index (χ3n) is 1.77. The lowest BCUT2D eigenvalue weighted by Gasteiger charge is -1.97. The van der Waals surface area contributed by atoms with E-state index in [0.29, 0.717) is 0 Å². The fourth-order valence-corrected chi connectivity index (χ4v) is 0.818. The Hall–Kier alpha value is -1.18. The predicted molar refractivity (Wildman–Crippen MR) is 59.6 cm³/mol. The van der Waals surface area contributed by atoms with Gasteiger partial charge >= 0.3 is 0 Å². The highest BCUT2D eigenvalue weighted by Gasteiger charge is 1.93. The summed E-state index contributed by atoms with van der Waals surface area (Å²) in [6.45, 7) is 9.90.